The molecule has 0 aromatic heterocycles. The molecule has 1 atom stereocenters. The number of piperidine rings is 1. The summed E-state index contributed by atoms with van der Waals surface area (Å²) in [6.07, 6.45) is 4.18. The fourth-order valence-corrected chi connectivity index (χ4v) is 1.71. The third-order valence-corrected chi connectivity index (χ3v) is 2.55. The lowest BCUT2D eigenvalue weighted by Gasteiger charge is -2.32. The SMILES string of the molecule is CCNC[C@H]1CCCCN1C. The minimum Gasteiger partial charge on any atom is -0.315 e. The number of rotatable bonds is 3. The molecule has 1 fully saturated rings. The van der Waals surface area contributed by atoms with Gasteiger partial charge in [0.15, 0.2) is 0 Å². The molecular weight excluding hydrogens is 136 g/mol. The van der Waals surface area contributed by atoms with Gasteiger partial charge in [-0.05, 0) is 33.0 Å². The van der Waals surface area contributed by atoms with E-state index in [1.165, 1.54) is 32.4 Å². The zero-order valence-corrected chi connectivity index (χ0v) is 7.77. The molecular formula is C9H20N2. The third-order valence-electron chi connectivity index (χ3n) is 2.55. The number of nitrogens with one attached hydrogen (secondary N) is 1. The molecule has 1 rings (SSSR count). The highest BCUT2D eigenvalue weighted by atomic mass is 15.1. The maximum Gasteiger partial charge on any atom is 0.0217 e. The van der Waals surface area contributed by atoms with Crippen molar-refractivity contribution in [2.75, 3.05) is 26.7 Å². The van der Waals surface area contributed by atoms with Crippen LogP contribution >= 0.6 is 0 Å². The van der Waals surface area contributed by atoms with Crippen LogP contribution in [0.1, 0.15) is 26.2 Å². The number of likely N-dealkylation sites (tertiary alicyclic amines) is 1. The third kappa shape index (κ3) is 2.80. The Balaban J connectivity index is 2.18. The zero-order valence-electron chi connectivity index (χ0n) is 7.77. The molecule has 66 valence electrons. The van der Waals surface area contributed by atoms with Gasteiger partial charge in [0, 0.05) is 12.6 Å². The molecule has 0 aromatic carbocycles. The van der Waals surface area contributed by atoms with Crippen LogP contribution in [0, 0.1) is 0 Å². The maximum absolute atomic E-state index is 3.41. The lowest BCUT2D eigenvalue weighted by atomic mass is 10.0. The summed E-state index contributed by atoms with van der Waals surface area (Å²) in [6, 6.07) is 0.795. The highest BCUT2D eigenvalue weighted by molar-refractivity contribution is 4.75. The molecule has 1 aliphatic heterocycles. The number of likely N-dealkylation sites (N-methyl/N-ethyl adjacent to an activating group) is 2. The van der Waals surface area contributed by atoms with Gasteiger partial charge < -0.3 is 10.2 Å². The van der Waals surface area contributed by atoms with Crippen LogP contribution in [0.3, 0.4) is 0 Å². The Morgan fingerprint density at radius 1 is 1.45 bits per heavy atom. The summed E-state index contributed by atoms with van der Waals surface area (Å²) >= 11 is 0. The van der Waals surface area contributed by atoms with Gasteiger partial charge in [0.2, 0.25) is 0 Å². The van der Waals surface area contributed by atoms with E-state index in [4.69, 9.17) is 0 Å². The molecule has 0 spiro atoms. The van der Waals surface area contributed by atoms with E-state index in [1.54, 1.807) is 0 Å². The van der Waals surface area contributed by atoms with Gasteiger partial charge in [-0.3, -0.25) is 0 Å². The summed E-state index contributed by atoms with van der Waals surface area (Å²) < 4.78 is 0. The minimum atomic E-state index is 0.795. The molecule has 0 amide bonds. The van der Waals surface area contributed by atoms with Crippen LogP contribution in [-0.2, 0) is 0 Å². The smallest absolute Gasteiger partial charge is 0.0217 e. The fourth-order valence-electron chi connectivity index (χ4n) is 1.71. The lowest BCUT2D eigenvalue weighted by molar-refractivity contribution is 0.182. The van der Waals surface area contributed by atoms with E-state index in [2.05, 4.69) is 24.2 Å². The van der Waals surface area contributed by atoms with Crippen molar-refractivity contribution >= 4 is 0 Å². The van der Waals surface area contributed by atoms with Crippen molar-refractivity contribution in [3.63, 3.8) is 0 Å². The summed E-state index contributed by atoms with van der Waals surface area (Å²) in [7, 11) is 2.24. The van der Waals surface area contributed by atoms with E-state index in [0.29, 0.717) is 0 Å². The predicted molar refractivity (Wildman–Crippen MR) is 48.8 cm³/mol. The van der Waals surface area contributed by atoms with Gasteiger partial charge in [-0.15, -0.1) is 0 Å². The standard InChI is InChI=1S/C9H20N2/c1-3-10-8-9-6-4-5-7-11(9)2/h9-10H,3-8H2,1-2H3/t9-/m1/s1. The second-order valence-corrected chi connectivity index (χ2v) is 3.44. The molecule has 2 nitrogen and oxygen atoms in total. The van der Waals surface area contributed by atoms with Crippen LogP contribution in [0.15, 0.2) is 0 Å². The zero-order chi connectivity index (χ0) is 8.10. The summed E-state index contributed by atoms with van der Waals surface area (Å²) in [5, 5.41) is 3.41. The van der Waals surface area contributed by atoms with Crippen molar-refractivity contribution in [3.05, 3.63) is 0 Å². The Kier molecular flexibility index (Phi) is 3.87. The molecule has 0 unspecified atom stereocenters. The van der Waals surface area contributed by atoms with E-state index in [9.17, 15) is 0 Å². The minimum absolute atomic E-state index is 0.795. The van der Waals surface area contributed by atoms with Crippen LogP contribution in [0.25, 0.3) is 0 Å². The van der Waals surface area contributed by atoms with Gasteiger partial charge in [-0.25, -0.2) is 0 Å². The normalized spacial score (nSPS) is 27.3. The molecule has 1 saturated heterocycles. The molecule has 0 bridgehead atoms. The Labute approximate surface area is 70.0 Å². The number of hydrogen-bond acceptors (Lipinski definition) is 2. The first-order chi connectivity index (χ1) is 5.34. The first-order valence-corrected chi connectivity index (χ1v) is 4.75. The maximum atomic E-state index is 3.41. The molecule has 11 heavy (non-hydrogen) atoms. The predicted octanol–water partition coefficient (Wildman–Crippen LogP) is 1.08. The highest BCUT2D eigenvalue weighted by Gasteiger charge is 2.17. The Morgan fingerprint density at radius 3 is 2.91 bits per heavy atom. The van der Waals surface area contributed by atoms with E-state index < -0.39 is 0 Å². The van der Waals surface area contributed by atoms with Crippen molar-refractivity contribution in [2.24, 2.45) is 0 Å². The quantitative estimate of drug-likeness (QED) is 0.658. The van der Waals surface area contributed by atoms with Gasteiger partial charge in [0.25, 0.3) is 0 Å². The first kappa shape index (κ1) is 9.01. The van der Waals surface area contributed by atoms with Gasteiger partial charge in [-0.1, -0.05) is 13.3 Å². The van der Waals surface area contributed by atoms with Crippen LogP contribution in [0.5, 0.6) is 0 Å². The van der Waals surface area contributed by atoms with Crippen molar-refractivity contribution in [1.29, 1.82) is 0 Å². The van der Waals surface area contributed by atoms with Crippen molar-refractivity contribution in [3.8, 4) is 0 Å². The second kappa shape index (κ2) is 4.73. The van der Waals surface area contributed by atoms with Gasteiger partial charge >= 0.3 is 0 Å². The molecule has 0 radical (unpaired) electrons. The Morgan fingerprint density at radius 2 is 2.27 bits per heavy atom. The van der Waals surface area contributed by atoms with Crippen molar-refractivity contribution in [1.82, 2.24) is 10.2 Å². The average molecular weight is 156 g/mol. The lowest BCUT2D eigenvalue weighted by Crippen LogP contribution is -2.42. The molecule has 0 aromatic rings. The number of nitrogens with zero attached hydrogens (tertiary/aromatic N) is 1. The molecule has 1 N–H and O–H groups in total. The Bertz CT molecular complexity index is 104. The highest BCUT2D eigenvalue weighted by Crippen LogP contribution is 2.13. The molecule has 1 heterocycles. The van der Waals surface area contributed by atoms with E-state index in [1.807, 2.05) is 0 Å². The topological polar surface area (TPSA) is 15.3 Å². The summed E-state index contributed by atoms with van der Waals surface area (Å²) in [4.78, 5) is 2.48. The molecule has 2 heteroatoms. The van der Waals surface area contributed by atoms with Crippen molar-refractivity contribution in [2.45, 2.75) is 32.2 Å². The number of hydrogen-bond donors (Lipinski definition) is 1. The fraction of sp³-hybridized carbons (Fsp3) is 1.00. The van der Waals surface area contributed by atoms with E-state index >= 15 is 0 Å². The first-order valence-electron chi connectivity index (χ1n) is 4.75. The van der Waals surface area contributed by atoms with Crippen LogP contribution in [0.2, 0.25) is 0 Å². The molecule has 0 aliphatic carbocycles. The van der Waals surface area contributed by atoms with Crippen LogP contribution < -0.4 is 5.32 Å². The van der Waals surface area contributed by atoms with Crippen molar-refractivity contribution < 1.29 is 0 Å². The average Bonchev–Trinajstić information content (AvgIpc) is 2.03. The largest absolute Gasteiger partial charge is 0.315 e. The van der Waals surface area contributed by atoms with E-state index in [0.717, 1.165) is 12.6 Å². The summed E-state index contributed by atoms with van der Waals surface area (Å²) in [6.45, 7) is 5.73. The monoisotopic (exact) mass is 156 g/mol. The van der Waals surface area contributed by atoms with Gasteiger partial charge in [0.05, 0.1) is 0 Å². The van der Waals surface area contributed by atoms with E-state index in [-0.39, 0.29) is 0 Å². The van der Waals surface area contributed by atoms with Gasteiger partial charge in [0.1, 0.15) is 0 Å². The second-order valence-electron chi connectivity index (χ2n) is 3.44. The van der Waals surface area contributed by atoms with Gasteiger partial charge in [-0.2, -0.15) is 0 Å². The molecule has 1 aliphatic rings. The molecule has 0 saturated carbocycles. The summed E-state index contributed by atoms with van der Waals surface area (Å²) in [5.41, 5.74) is 0. The van der Waals surface area contributed by atoms with Crippen LogP contribution in [-0.4, -0.2) is 37.6 Å². The Hall–Kier alpha value is -0.0800. The summed E-state index contributed by atoms with van der Waals surface area (Å²) in [5.74, 6) is 0. The van der Waals surface area contributed by atoms with Crippen LogP contribution in [0.4, 0.5) is 0 Å².